The van der Waals surface area contributed by atoms with E-state index in [1.54, 1.807) is 0 Å². The van der Waals surface area contributed by atoms with Gasteiger partial charge in [-0.2, -0.15) is 0 Å². The van der Waals surface area contributed by atoms with Crippen LogP contribution in [0.3, 0.4) is 0 Å². The lowest BCUT2D eigenvalue weighted by Gasteiger charge is -2.23. The Kier molecular flexibility index (Phi) is 4.41. The molecule has 9 heteroatoms. The van der Waals surface area contributed by atoms with Crippen molar-refractivity contribution < 1.29 is 23.1 Å². The SMILES string of the molecule is O=C(Nc1cccnc1C(=O)O)NC1CCCS(=O)(=O)C1. The zero-order valence-electron chi connectivity index (χ0n) is 11.1. The number of hydrogen-bond acceptors (Lipinski definition) is 5. The number of urea groups is 1. The number of aromatic nitrogens is 1. The van der Waals surface area contributed by atoms with E-state index < -0.39 is 27.9 Å². The molecule has 1 aromatic rings. The summed E-state index contributed by atoms with van der Waals surface area (Å²) < 4.78 is 23.0. The number of hydrogen-bond donors (Lipinski definition) is 3. The van der Waals surface area contributed by atoms with Crippen LogP contribution in [0.15, 0.2) is 18.3 Å². The van der Waals surface area contributed by atoms with Crippen LogP contribution >= 0.6 is 0 Å². The molecule has 0 spiro atoms. The molecule has 1 unspecified atom stereocenters. The fraction of sp³-hybridized carbons (Fsp3) is 0.417. The van der Waals surface area contributed by atoms with Crippen LogP contribution < -0.4 is 10.6 Å². The summed E-state index contributed by atoms with van der Waals surface area (Å²) in [6, 6.07) is 1.79. The van der Waals surface area contributed by atoms with Crippen molar-refractivity contribution in [2.75, 3.05) is 16.8 Å². The maximum Gasteiger partial charge on any atom is 0.356 e. The molecule has 0 aromatic carbocycles. The van der Waals surface area contributed by atoms with Crippen molar-refractivity contribution in [2.24, 2.45) is 0 Å². The van der Waals surface area contributed by atoms with Gasteiger partial charge in [-0.15, -0.1) is 0 Å². The summed E-state index contributed by atoms with van der Waals surface area (Å²) in [5.74, 6) is -1.22. The molecule has 3 N–H and O–H groups in total. The summed E-state index contributed by atoms with van der Waals surface area (Å²) in [7, 11) is -3.12. The van der Waals surface area contributed by atoms with Crippen molar-refractivity contribution in [1.82, 2.24) is 10.3 Å². The van der Waals surface area contributed by atoms with Crippen LogP contribution in [0.25, 0.3) is 0 Å². The molecule has 2 amide bonds. The van der Waals surface area contributed by atoms with Gasteiger partial charge in [0.1, 0.15) is 0 Å². The quantitative estimate of drug-likeness (QED) is 0.745. The second-order valence-corrected chi connectivity index (χ2v) is 6.99. The van der Waals surface area contributed by atoms with Crippen LogP contribution in [0.2, 0.25) is 0 Å². The van der Waals surface area contributed by atoms with E-state index in [1.807, 2.05) is 0 Å². The molecule has 2 heterocycles. The lowest BCUT2D eigenvalue weighted by atomic mass is 10.2. The van der Waals surface area contributed by atoms with E-state index in [4.69, 9.17) is 5.11 Å². The smallest absolute Gasteiger partial charge is 0.356 e. The highest BCUT2D eigenvalue weighted by atomic mass is 32.2. The van der Waals surface area contributed by atoms with Crippen molar-refractivity contribution in [3.8, 4) is 0 Å². The van der Waals surface area contributed by atoms with Crippen LogP contribution in [-0.2, 0) is 9.84 Å². The summed E-state index contributed by atoms with van der Waals surface area (Å²) in [5.41, 5.74) is -0.218. The Hall–Kier alpha value is -2.16. The highest BCUT2D eigenvalue weighted by Gasteiger charge is 2.26. The molecule has 1 saturated heterocycles. The minimum Gasteiger partial charge on any atom is -0.476 e. The van der Waals surface area contributed by atoms with Gasteiger partial charge in [-0.05, 0) is 25.0 Å². The first-order chi connectivity index (χ1) is 9.87. The average molecular weight is 313 g/mol. The molecule has 114 valence electrons. The Labute approximate surface area is 121 Å². The van der Waals surface area contributed by atoms with E-state index in [9.17, 15) is 18.0 Å². The molecule has 2 rings (SSSR count). The van der Waals surface area contributed by atoms with E-state index in [0.29, 0.717) is 12.8 Å². The summed E-state index contributed by atoms with van der Waals surface area (Å²) in [4.78, 5) is 26.5. The molecular weight excluding hydrogens is 298 g/mol. The number of rotatable bonds is 3. The number of sulfone groups is 1. The van der Waals surface area contributed by atoms with E-state index >= 15 is 0 Å². The summed E-state index contributed by atoms with van der Waals surface area (Å²) in [6.07, 6.45) is 2.38. The van der Waals surface area contributed by atoms with Crippen LogP contribution in [0.5, 0.6) is 0 Å². The number of carboxylic acids is 1. The first-order valence-corrected chi connectivity index (χ1v) is 8.16. The van der Waals surface area contributed by atoms with Gasteiger partial charge in [0, 0.05) is 12.2 Å². The second-order valence-electron chi connectivity index (χ2n) is 4.76. The number of carbonyl (C=O) groups is 2. The zero-order valence-corrected chi connectivity index (χ0v) is 11.9. The fourth-order valence-corrected chi connectivity index (χ4v) is 3.79. The Morgan fingerprint density at radius 1 is 1.38 bits per heavy atom. The molecule has 0 saturated carbocycles. The van der Waals surface area contributed by atoms with Gasteiger partial charge in [0.2, 0.25) is 0 Å². The largest absolute Gasteiger partial charge is 0.476 e. The second kappa shape index (κ2) is 6.08. The molecule has 1 aliphatic rings. The Morgan fingerprint density at radius 3 is 2.81 bits per heavy atom. The maximum absolute atomic E-state index is 11.8. The van der Waals surface area contributed by atoms with Crippen LogP contribution in [0.4, 0.5) is 10.5 Å². The topological polar surface area (TPSA) is 125 Å². The summed E-state index contributed by atoms with van der Waals surface area (Å²) in [5, 5.41) is 13.9. The Morgan fingerprint density at radius 2 is 2.14 bits per heavy atom. The van der Waals surface area contributed by atoms with Gasteiger partial charge in [0.15, 0.2) is 15.5 Å². The number of aromatic carboxylic acids is 1. The number of nitrogens with zero attached hydrogens (tertiary/aromatic N) is 1. The van der Waals surface area contributed by atoms with Gasteiger partial charge in [-0.3, -0.25) is 0 Å². The lowest BCUT2D eigenvalue weighted by molar-refractivity contribution is 0.0691. The standard InChI is InChI=1S/C12H15N3O5S/c16-11(17)10-9(4-1-5-13-10)15-12(18)14-8-3-2-6-21(19,20)7-8/h1,4-5,8H,2-3,6-7H2,(H,16,17)(H2,14,15,18). The molecular formula is C12H15N3O5S. The van der Waals surface area contributed by atoms with E-state index in [0.717, 1.165) is 0 Å². The molecule has 1 fully saturated rings. The average Bonchev–Trinajstić information content (AvgIpc) is 2.37. The third-order valence-electron chi connectivity index (χ3n) is 3.06. The predicted octanol–water partition coefficient (Wildman–Crippen LogP) is 0.478. The molecule has 0 radical (unpaired) electrons. The van der Waals surface area contributed by atoms with E-state index in [-0.39, 0.29) is 22.9 Å². The third kappa shape index (κ3) is 4.15. The normalized spacial score (nSPS) is 20.5. The lowest BCUT2D eigenvalue weighted by Crippen LogP contribution is -2.45. The monoisotopic (exact) mass is 313 g/mol. The van der Waals surface area contributed by atoms with Crippen LogP contribution in [0.1, 0.15) is 23.3 Å². The van der Waals surface area contributed by atoms with Crippen molar-refractivity contribution in [3.05, 3.63) is 24.0 Å². The Bertz CT molecular complexity index is 659. The first kappa shape index (κ1) is 15.2. The summed E-state index contributed by atoms with van der Waals surface area (Å²) in [6.45, 7) is 0. The minimum atomic E-state index is -3.12. The van der Waals surface area contributed by atoms with Crippen molar-refractivity contribution in [2.45, 2.75) is 18.9 Å². The molecule has 21 heavy (non-hydrogen) atoms. The van der Waals surface area contributed by atoms with E-state index in [2.05, 4.69) is 15.6 Å². The van der Waals surface area contributed by atoms with Crippen molar-refractivity contribution in [3.63, 3.8) is 0 Å². The van der Waals surface area contributed by atoms with Gasteiger partial charge in [0.05, 0.1) is 17.2 Å². The molecule has 0 bridgehead atoms. The molecule has 1 aromatic heterocycles. The first-order valence-electron chi connectivity index (χ1n) is 6.33. The number of carboxylic acid groups (broad SMARTS) is 1. The number of carbonyl (C=O) groups excluding carboxylic acids is 1. The van der Waals surface area contributed by atoms with Crippen LogP contribution in [-0.4, -0.2) is 48.1 Å². The van der Waals surface area contributed by atoms with Gasteiger partial charge in [0.25, 0.3) is 0 Å². The highest BCUT2D eigenvalue weighted by molar-refractivity contribution is 7.91. The zero-order chi connectivity index (χ0) is 15.5. The van der Waals surface area contributed by atoms with Gasteiger partial charge in [-0.1, -0.05) is 0 Å². The van der Waals surface area contributed by atoms with Gasteiger partial charge >= 0.3 is 12.0 Å². The van der Waals surface area contributed by atoms with Crippen LogP contribution in [0, 0.1) is 0 Å². The number of anilines is 1. The van der Waals surface area contributed by atoms with Crippen molar-refractivity contribution in [1.29, 1.82) is 0 Å². The van der Waals surface area contributed by atoms with Gasteiger partial charge < -0.3 is 15.7 Å². The number of amides is 2. The summed E-state index contributed by atoms with van der Waals surface area (Å²) >= 11 is 0. The third-order valence-corrected chi connectivity index (χ3v) is 4.88. The molecule has 1 aliphatic heterocycles. The minimum absolute atomic E-state index is 0.0566. The number of nitrogens with one attached hydrogen (secondary N) is 2. The fourth-order valence-electron chi connectivity index (χ4n) is 2.16. The predicted molar refractivity (Wildman–Crippen MR) is 75.0 cm³/mol. The van der Waals surface area contributed by atoms with E-state index in [1.165, 1.54) is 18.3 Å². The Balaban J connectivity index is 2.01. The maximum atomic E-state index is 11.8. The molecule has 1 atom stereocenters. The molecule has 0 aliphatic carbocycles. The van der Waals surface area contributed by atoms with Crippen molar-refractivity contribution >= 4 is 27.5 Å². The highest BCUT2D eigenvalue weighted by Crippen LogP contribution is 2.14. The molecule has 8 nitrogen and oxygen atoms in total. The van der Waals surface area contributed by atoms with Gasteiger partial charge in [-0.25, -0.2) is 23.0 Å². The number of pyridine rings is 1.